The number of hydrogen-bond acceptors (Lipinski definition) is 3. The van der Waals surface area contributed by atoms with Gasteiger partial charge in [0.15, 0.2) is 11.5 Å². The molecule has 0 aliphatic carbocycles. The minimum absolute atomic E-state index is 0.0115. The normalized spacial score (nSPS) is 14.3. The smallest absolute Gasteiger partial charge is 0.254 e. The van der Waals surface area contributed by atoms with Gasteiger partial charge in [-0.3, -0.25) is 4.79 Å². The molecule has 1 aromatic carbocycles. The van der Waals surface area contributed by atoms with Gasteiger partial charge >= 0.3 is 0 Å². The SMILES string of the molecule is CCCOc1c(Cl)cc(C(=O)N2CCCC2)cc1OCC. The van der Waals surface area contributed by atoms with Gasteiger partial charge in [0.05, 0.1) is 18.2 Å². The van der Waals surface area contributed by atoms with Crippen molar-refractivity contribution in [3.8, 4) is 11.5 Å². The maximum atomic E-state index is 12.5. The Labute approximate surface area is 131 Å². The molecule has 0 aromatic heterocycles. The highest BCUT2D eigenvalue weighted by Crippen LogP contribution is 2.37. The van der Waals surface area contributed by atoms with Crippen LogP contribution >= 0.6 is 11.6 Å². The fourth-order valence-electron chi connectivity index (χ4n) is 2.40. The van der Waals surface area contributed by atoms with Gasteiger partial charge in [-0.05, 0) is 38.3 Å². The van der Waals surface area contributed by atoms with Gasteiger partial charge in [0, 0.05) is 18.7 Å². The number of ether oxygens (including phenoxy) is 2. The summed E-state index contributed by atoms with van der Waals surface area (Å²) in [5.41, 5.74) is 0.564. The zero-order valence-corrected chi connectivity index (χ0v) is 13.4. The average Bonchev–Trinajstić information content (AvgIpc) is 3.00. The van der Waals surface area contributed by atoms with E-state index in [9.17, 15) is 4.79 Å². The van der Waals surface area contributed by atoms with Gasteiger partial charge in [-0.25, -0.2) is 0 Å². The molecule has 0 bridgehead atoms. The highest BCUT2D eigenvalue weighted by Gasteiger charge is 2.22. The number of amides is 1. The van der Waals surface area contributed by atoms with Crippen molar-refractivity contribution in [1.82, 2.24) is 4.90 Å². The molecule has 1 aromatic rings. The zero-order chi connectivity index (χ0) is 15.2. The molecule has 5 heteroatoms. The minimum Gasteiger partial charge on any atom is -0.490 e. The number of rotatable bonds is 6. The van der Waals surface area contributed by atoms with Crippen LogP contribution in [-0.2, 0) is 0 Å². The number of halogens is 1. The van der Waals surface area contributed by atoms with Crippen molar-refractivity contribution in [2.24, 2.45) is 0 Å². The van der Waals surface area contributed by atoms with E-state index in [0.29, 0.717) is 35.3 Å². The Balaban J connectivity index is 2.28. The molecule has 1 aliphatic rings. The molecule has 0 atom stereocenters. The summed E-state index contributed by atoms with van der Waals surface area (Å²) in [6.45, 7) is 6.62. The molecule has 0 unspecified atom stereocenters. The van der Waals surface area contributed by atoms with Crippen LogP contribution in [0.5, 0.6) is 11.5 Å². The molecule has 0 N–H and O–H groups in total. The first-order chi connectivity index (χ1) is 10.2. The molecule has 0 radical (unpaired) electrons. The van der Waals surface area contributed by atoms with Crippen LogP contribution in [-0.4, -0.2) is 37.1 Å². The van der Waals surface area contributed by atoms with Crippen LogP contribution in [0.3, 0.4) is 0 Å². The monoisotopic (exact) mass is 311 g/mol. The standard InChI is InChI=1S/C16H22ClNO3/c1-3-9-21-15-13(17)10-12(11-14(15)20-4-2)16(19)18-7-5-6-8-18/h10-11H,3-9H2,1-2H3. The summed E-state index contributed by atoms with van der Waals surface area (Å²) in [6.07, 6.45) is 3.02. The van der Waals surface area contributed by atoms with Crippen LogP contribution in [0.15, 0.2) is 12.1 Å². The van der Waals surface area contributed by atoms with Gasteiger partial charge in [0.25, 0.3) is 5.91 Å². The Bertz CT molecular complexity index is 499. The van der Waals surface area contributed by atoms with E-state index in [0.717, 1.165) is 32.4 Å². The molecule has 1 heterocycles. The second-order valence-corrected chi connectivity index (χ2v) is 5.47. The Morgan fingerprint density at radius 1 is 1.24 bits per heavy atom. The third-order valence-electron chi connectivity index (χ3n) is 3.40. The molecule has 4 nitrogen and oxygen atoms in total. The number of carbonyl (C=O) groups is 1. The largest absolute Gasteiger partial charge is 0.490 e. The third kappa shape index (κ3) is 3.82. The summed E-state index contributed by atoms with van der Waals surface area (Å²) in [5.74, 6) is 1.08. The number of nitrogens with zero attached hydrogens (tertiary/aromatic N) is 1. The van der Waals surface area contributed by atoms with Gasteiger partial charge in [-0.15, -0.1) is 0 Å². The highest BCUT2D eigenvalue weighted by molar-refractivity contribution is 6.32. The fraction of sp³-hybridized carbons (Fsp3) is 0.562. The van der Waals surface area contributed by atoms with Crippen LogP contribution in [0.25, 0.3) is 0 Å². The molecular weight excluding hydrogens is 290 g/mol. The zero-order valence-electron chi connectivity index (χ0n) is 12.7. The summed E-state index contributed by atoms with van der Waals surface area (Å²) in [6, 6.07) is 3.41. The predicted octanol–water partition coefficient (Wildman–Crippen LogP) is 3.76. The Hall–Kier alpha value is -1.42. The van der Waals surface area contributed by atoms with Crippen molar-refractivity contribution in [3.05, 3.63) is 22.7 Å². The predicted molar refractivity (Wildman–Crippen MR) is 83.5 cm³/mol. The van der Waals surface area contributed by atoms with E-state index in [1.54, 1.807) is 12.1 Å². The molecule has 0 spiro atoms. The second kappa shape index (κ2) is 7.55. The lowest BCUT2D eigenvalue weighted by Gasteiger charge is -2.18. The number of likely N-dealkylation sites (tertiary alicyclic amines) is 1. The Morgan fingerprint density at radius 2 is 1.95 bits per heavy atom. The topological polar surface area (TPSA) is 38.8 Å². The van der Waals surface area contributed by atoms with Crippen molar-refractivity contribution in [1.29, 1.82) is 0 Å². The lowest BCUT2D eigenvalue weighted by atomic mass is 10.1. The third-order valence-corrected chi connectivity index (χ3v) is 3.68. The first-order valence-electron chi connectivity index (χ1n) is 7.55. The van der Waals surface area contributed by atoms with E-state index in [-0.39, 0.29) is 5.91 Å². The van der Waals surface area contributed by atoms with Crippen molar-refractivity contribution in [2.45, 2.75) is 33.1 Å². The number of benzene rings is 1. The molecule has 1 fully saturated rings. The molecule has 116 valence electrons. The van der Waals surface area contributed by atoms with E-state index in [2.05, 4.69) is 0 Å². The quantitative estimate of drug-likeness (QED) is 0.803. The summed E-state index contributed by atoms with van der Waals surface area (Å²) in [5, 5.41) is 0.428. The summed E-state index contributed by atoms with van der Waals surface area (Å²) >= 11 is 6.28. The molecule has 2 rings (SSSR count). The van der Waals surface area contributed by atoms with Gasteiger partial charge in [0.2, 0.25) is 0 Å². The van der Waals surface area contributed by atoms with Crippen LogP contribution in [0.1, 0.15) is 43.5 Å². The maximum Gasteiger partial charge on any atom is 0.254 e. The molecule has 1 aliphatic heterocycles. The van der Waals surface area contributed by atoms with Crippen LogP contribution < -0.4 is 9.47 Å². The van der Waals surface area contributed by atoms with Gasteiger partial charge < -0.3 is 14.4 Å². The maximum absolute atomic E-state index is 12.5. The number of hydrogen-bond donors (Lipinski definition) is 0. The summed E-state index contributed by atoms with van der Waals surface area (Å²) in [4.78, 5) is 14.3. The average molecular weight is 312 g/mol. The van der Waals surface area contributed by atoms with Crippen molar-refractivity contribution in [2.75, 3.05) is 26.3 Å². The van der Waals surface area contributed by atoms with E-state index in [1.165, 1.54) is 0 Å². The van der Waals surface area contributed by atoms with Gasteiger partial charge in [-0.2, -0.15) is 0 Å². The van der Waals surface area contributed by atoms with Crippen LogP contribution in [0.4, 0.5) is 0 Å². The van der Waals surface area contributed by atoms with E-state index in [4.69, 9.17) is 21.1 Å². The molecule has 1 amide bonds. The van der Waals surface area contributed by atoms with Gasteiger partial charge in [0.1, 0.15) is 0 Å². The highest BCUT2D eigenvalue weighted by atomic mass is 35.5. The summed E-state index contributed by atoms with van der Waals surface area (Å²) in [7, 11) is 0. The van der Waals surface area contributed by atoms with Crippen molar-refractivity contribution < 1.29 is 14.3 Å². The Morgan fingerprint density at radius 3 is 2.57 bits per heavy atom. The molecular formula is C16H22ClNO3. The van der Waals surface area contributed by atoms with E-state index >= 15 is 0 Å². The molecule has 0 saturated carbocycles. The van der Waals surface area contributed by atoms with E-state index < -0.39 is 0 Å². The fourth-order valence-corrected chi connectivity index (χ4v) is 2.67. The van der Waals surface area contributed by atoms with Crippen molar-refractivity contribution >= 4 is 17.5 Å². The van der Waals surface area contributed by atoms with Crippen molar-refractivity contribution in [3.63, 3.8) is 0 Å². The van der Waals surface area contributed by atoms with E-state index in [1.807, 2.05) is 18.7 Å². The first-order valence-corrected chi connectivity index (χ1v) is 7.93. The molecule has 1 saturated heterocycles. The summed E-state index contributed by atoms with van der Waals surface area (Å²) < 4.78 is 11.2. The lowest BCUT2D eigenvalue weighted by Crippen LogP contribution is -2.27. The molecule has 21 heavy (non-hydrogen) atoms. The Kier molecular flexibility index (Phi) is 5.74. The van der Waals surface area contributed by atoms with Crippen LogP contribution in [0.2, 0.25) is 5.02 Å². The first kappa shape index (κ1) is 16.0. The van der Waals surface area contributed by atoms with Crippen LogP contribution in [0, 0.1) is 0 Å². The minimum atomic E-state index is 0.0115. The second-order valence-electron chi connectivity index (χ2n) is 5.07. The lowest BCUT2D eigenvalue weighted by molar-refractivity contribution is 0.0792. The van der Waals surface area contributed by atoms with Gasteiger partial charge in [-0.1, -0.05) is 18.5 Å². The number of carbonyl (C=O) groups excluding carboxylic acids is 1.